The minimum absolute atomic E-state index is 0.0877. The van der Waals surface area contributed by atoms with Crippen molar-refractivity contribution >= 4 is 28.3 Å². The van der Waals surface area contributed by atoms with Crippen LogP contribution in [0.3, 0.4) is 0 Å². The lowest BCUT2D eigenvalue weighted by Gasteiger charge is -2.05. The highest BCUT2D eigenvalue weighted by Gasteiger charge is 2.12. The molecule has 0 unspecified atom stereocenters. The Morgan fingerprint density at radius 1 is 1.05 bits per heavy atom. The average Bonchev–Trinajstić information content (AvgIpc) is 2.56. The number of anilines is 1. The molecule has 0 saturated carbocycles. The maximum Gasteiger partial charge on any atom is 0.356 e. The number of nitrogens with one attached hydrogen (secondary N) is 1. The van der Waals surface area contributed by atoms with Crippen LogP contribution in [-0.2, 0) is 4.79 Å². The van der Waals surface area contributed by atoms with E-state index >= 15 is 0 Å². The van der Waals surface area contributed by atoms with E-state index in [2.05, 4.69) is 20.7 Å². The third-order valence-corrected chi connectivity index (χ3v) is 3.09. The molecular weight excluding hydrogens is 280 g/mol. The molecule has 3 rings (SSSR count). The summed E-state index contributed by atoms with van der Waals surface area (Å²) in [5.74, 6) is -0.709. The summed E-state index contributed by atoms with van der Waals surface area (Å²) in [6, 6.07) is 16.2. The van der Waals surface area contributed by atoms with E-state index in [1.807, 2.05) is 30.3 Å². The first-order chi connectivity index (χ1) is 10.8. The van der Waals surface area contributed by atoms with E-state index in [4.69, 9.17) is 0 Å². The molecule has 0 spiro atoms. The van der Waals surface area contributed by atoms with Crippen molar-refractivity contribution in [1.82, 2.24) is 10.2 Å². The van der Waals surface area contributed by atoms with Crippen LogP contribution in [-0.4, -0.2) is 27.0 Å². The van der Waals surface area contributed by atoms with Crippen LogP contribution in [0.15, 0.2) is 65.9 Å². The maximum absolute atomic E-state index is 11.4. The highest BCUT2D eigenvalue weighted by Crippen LogP contribution is 2.19. The predicted octanol–water partition coefficient (Wildman–Crippen LogP) is 2.53. The van der Waals surface area contributed by atoms with Crippen molar-refractivity contribution in [3.63, 3.8) is 0 Å². The number of carbonyl (C=O) groups is 1. The number of aliphatic carboxylic acids is 1. The Kier molecular flexibility index (Phi) is 3.74. The van der Waals surface area contributed by atoms with E-state index in [1.165, 1.54) is 0 Å². The number of rotatable bonds is 4. The van der Waals surface area contributed by atoms with Gasteiger partial charge in [0.25, 0.3) is 0 Å². The van der Waals surface area contributed by atoms with Gasteiger partial charge in [0.05, 0.1) is 6.20 Å². The van der Waals surface area contributed by atoms with Crippen molar-refractivity contribution in [3.05, 3.63) is 66.4 Å². The predicted molar refractivity (Wildman–Crippen MR) is 83.8 cm³/mol. The van der Waals surface area contributed by atoms with Gasteiger partial charge in [-0.1, -0.05) is 54.6 Å². The summed E-state index contributed by atoms with van der Waals surface area (Å²) >= 11 is 0. The Hall–Kier alpha value is -3.28. The average molecular weight is 292 g/mol. The fourth-order valence-corrected chi connectivity index (χ4v) is 2.05. The van der Waals surface area contributed by atoms with Gasteiger partial charge in [-0.15, -0.1) is 5.10 Å². The zero-order valence-electron chi connectivity index (χ0n) is 11.5. The van der Waals surface area contributed by atoms with Crippen LogP contribution < -0.4 is 5.43 Å². The van der Waals surface area contributed by atoms with Crippen molar-refractivity contribution in [3.8, 4) is 0 Å². The van der Waals surface area contributed by atoms with Gasteiger partial charge in [-0.3, -0.25) is 5.43 Å². The fourth-order valence-electron chi connectivity index (χ4n) is 2.05. The molecule has 6 nitrogen and oxygen atoms in total. The second kappa shape index (κ2) is 6.01. The molecule has 108 valence electrons. The topological polar surface area (TPSA) is 87.5 Å². The third-order valence-electron chi connectivity index (χ3n) is 3.09. The normalized spacial score (nSPS) is 11.4. The highest BCUT2D eigenvalue weighted by molar-refractivity contribution is 6.42. The smallest absolute Gasteiger partial charge is 0.356 e. The molecule has 0 atom stereocenters. The van der Waals surface area contributed by atoms with Crippen LogP contribution in [0.2, 0.25) is 0 Å². The molecule has 2 N–H and O–H groups in total. The van der Waals surface area contributed by atoms with E-state index in [-0.39, 0.29) is 5.71 Å². The molecule has 0 aliphatic heterocycles. The molecule has 2 aromatic carbocycles. The van der Waals surface area contributed by atoms with Crippen molar-refractivity contribution in [2.75, 3.05) is 5.43 Å². The molecule has 0 amide bonds. The minimum Gasteiger partial charge on any atom is -0.476 e. The van der Waals surface area contributed by atoms with Gasteiger partial charge in [-0.05, 0) is 0 Å². The quantitative estimate of drug-likeness (QED) is 0.570. The first kappa shape index (κ1) is 13.7. The number of fused-ring (bicyclic) bond motifs is 1. The summed E-state index contributed by atoms with van der Waals surface area (Å²) < 4.78 is 0. The summed E-state index contributed by atoms with van der Waals surface area (Å²) in [5, 5.41) is 22.9. The Bertz CT molecular complexity index is 842. The van der Waals surface area contributed by atoms with Crippen LogP contribution >= 0.6 is 0 Å². The van der Waals surface area contributed by atoms with E-state index in [0.717, 1.165) is 10.8 Å². The standard InChI is InChI=1S/C16H12N4O2/c21-16(22)14(11-6-2-1-3-7-11)18-20-15-13-9-5-4-8-12(13)10-17-19-15/h1-10H,(H,19,20)(H,21,22)/b18-14-. The molecule has 0 aliphatic rings. The van der Waals surface area contributed by atoms with E-state index < -0.39 is 5.97 Å². The van der Waals surface area contributed by atoms with E-state index in [9.17, 15) is 9.90 Å². The van der Waals surface area contributed by atoms with Gasteiger partial charge < -0.3 is 5.11 Å². The second-order valence-corrected chi connectivity index (χ2v) is 4.52. The Morgan fingerprint density at radius 2 is 1.77 bits per heavy atom. The highest BCUT2D eigenvalue weighted by atomic mass is 16.4. The largest absolute Gasteiger partial charge is 0.476 e. The molecule has 6 heteroatoms. The summed E-state index contributed by atoms with van der Waals surface area (Å²) in [4.78, 5) is 11.4. The molecule has 0 radical (unpaired) electrons. The second-order valence-electron chi connectivity index (χ2n) is 4.52. The summed E-state index contributed by atoms with van der Waals surface area (Å²) in [6.45, 7) is 0. The Morgan fingerprint density at radius 3 is 2.55 bits per heavy atom. The molecule has 3 aromatic rings. The van der Waals surface area contributed by atoms with Crippen LogP contribution in [0.4, 0.5) is 5.82 Å². The number of aromatic nitrogens is 2. The van der Waals surface area contributed by atoms with Gasteiger partial charge >= 0.3 is 5.97 Å². The van der Waals surface area contributed by atoms with Crippen LogP contribution in [0, 0.1) is 0 Å². The number of hydrogen-bond acceptors (Lipinski definition) is 5. The van der Waals surface area contributed by atoms with Gasteiger partial charge in [-0.2, -0.15) is 10.2 Å². The number of hydrogen-bond donors (Lipinski definition) is 2. The monoisotopic (exact) mass is 292 g/mol. The zero-order valence-corrected chi connectivity index (χ0v) is 11.5. The van der Waals surface area contributed by atoms with Gasteiger partial charge in [0.2, 0.25) is 0 Å². The zero-order chi connectivity index (χ0) is 15.4. The molecular formula is C16H12N4O2. The van der Waals surface area contributed by atoms with Crippen LogP contribution in [0.25, 0.3) is 10.8 Å². The Labute approximate surface area is 126 Å². The molecule has 1 heterocycles. The number of carboxylic acid groups (broad SMARTS) is 1. The maximum atomic E-state index is 11.4. The van der Waals surface area contributed by atoms with Gasteiger partial charge in [0, 0.05) is 16.3 Å². The summed E-state index contributed by atoms with van der Waals surface area (Å²) in [6.07, 6.45) is 1.64. The molecule has 0 fully saturated rings. The summed E-state index contributed by atoms with van der Waals surface area (Å²) in [5.41, 5.74) is 3.12. The number of carboxylic acids is 1. The van der Waals surface area contributed by atoms with E-state index in [0.29, 0.717) is 11.4 Å². The van der Waals surface area contributed by atoms with Crippen molar-refractivity contribution in [2.24, 2.45) is 5.10 Å². The van der Waals surface area contributed by atoms with Gasteiger partial charge in [0.15, 0.2) is 11.5 Å². The fraction of sp³-hybridized carbons (Fsp3) is 0. The number of hydrazone groups is 1. The first-order valence-corrected chi connectivity index (χ1v) is 6.58. The van der Waals surface area contributed by atoms with Gasteiger partial charge in [-0.25, -0.2) is 4.79 Å². The van der Waals surface area contributed by atoms with Crippen molar-refractivity contribution in [1.29, 1.82) is 0 Å². The lowest BCUT2D eigenvalue weighted by Crippen LogP contribution is -2.16. The van der Waals surface area contributed by atoms with Gasteiger partial charge in [0.1, 0.15) is 0 Å². The van der Waals surface area contributed by atoms with Crippen molar-refractivity contribution < 1.29 is 9.90 Å². The molecule has 1 aromatic heterocycles. The van der Waals surface area contributed by atoms with Crippen LogP contribution in [0.1, 0.15) is 5.56 Å². The molecule has 0 saturated heterocycles. The SMILES string of the molecule is O=C(O)/C(=N\Nc1nncc2ccccc12)c1ccccc1. The minimum atomic E-state index is -1.12. The molecule has 22 heavy (non-hydrogen) atoms. The first-order valence-electron chi connectivity index (χ1n) is 6.58. The summed E-state index contributed by atoms with van der Waals surface area (Å²) in [7, 11) is 0. The number of nitrogens with zero attached hydrogens (tertiary/aromatic N) is 3. The molecule has 0 bridgehead atoms. The lowest BCUT2D eigenvalue weighted by atomic mass is 10.1. The Balaban J connectivity index is 1.98. The lowest BCUT2D eigenvalue weighted by molar-refractivity contribution is -0.129. The molecule has 0 aliphatic carbocycles. The van der Waals surface area contributed by atoms with Crippen molar-refractivity contribution in [2.45, 2.75) is 0 Å². The van der Waals surface area contributed by atoms with E-state index in [1.54, 1.807) is 30.5 Å². The third kappa shape index (κ3) is 2.76. The number of benzene rings is 2. The van der Waals surface area contributed by atoms with Crippen LogP contribution in [0.5, 0.6) is 0 Å².